The molecule has 9 nitrogen and oxygen atoms in total. The number of allylic oxidation sites excluding steroid dienone is 2. The number of aryl methyl sites for hydroxylation is 1. The van der Waals surface area contributed by atoms with Crippen molar-refractivity contribution in [3.63, 3.8) is 0 Å². The number of phenolic OH excluding ortho intramolecular Hbond substituents is 1. The highest BCUT2D eigenvalue weighted by molar-refractivity contribution is 8.76. The molecule has 7 aliphatic carbocycles. The van der Waals surface area contributed by atoms with Crippen molar-refractivity contribution in [3.8, 4) is 5.75 Å². The fourth-order valence-corrected chi connectivity index (χ4v) is 20.1. The van der Waals surface area contributed by atoms with Crippen LogP contribution in [0, 0.1) is 63.1 Å². The summed E-state index contributed by atoms with van der Waals surface area (Å²) in [5.74, 6) is 1.38. The first kappa shape index (κ1) is 41.8. The second-order valence-electron chi connectivity index (χ2n) is 22.2. The number of epoxide rings is 1. The third-order valence-electron chi connectivity index (χ3n) is 20.0. The van der Waals surface area contributed by atoms with Gasteiger partial charge >= 0.3 is 0 Å². The van der Waals surface area contributed by atoms with Crippen LogP contribution >= 0.6 is 21.6 Å². The van der Waals surface area contributed by atoms with E-state index in [0.29, 0.717) is 69.6 Å². The smallest absolute Gasteiger partial charge is 0.233 e. The number of amides is 1. The highest BCUT2D eigenvalue weighted by Gasteiger charge is 2.79. The maximum atomic E-state index is 15.6. The summed E-state index contributed by atoms with van der Waals surface area (Å²) in [6.07, 6.45) is 14.4. The molecule has 1 aromatic carbocycles. The minimum atomic E-state index is -1.43. The number of carbonyl (C=O) groups excluding carboxylic acids is 2. The number of nitrogens with zero attached hydrogens (tertiary/aromatic N) is 1. The van der Waals surface area contributed by atoms with Gasteiger partial charge in [-0.1, -0.05) is 73.8 Å². The van der Waals surface area contributed by atoms with Crippen LogP contribution in [0.1, 0.15) is 116 Å². The molecule has 12 aliphatic rings. The number of anilines is 1. The monoisotopic (exact) mass is 873 g/mol. The predicted molar refractivity (Wildman–Crippen MR) is 238 cm³/mol. The fourth-order valence-electron chi connectivity index (χ4n) is 16.8. The zero-order valence-electron chi connectivity index (χ0n) is 36.3. The first-order valence-corrected chi connectivity index (χ1v) is 26.4. The zero-order valence-corrected chi connectivity index (χ0v) is 37.9. The lowest BCUT2D eigenvalue weighted by atomic mass is 9.34. The summed E-state index contributed by atoms with van der Waals surface area (Å²) in [6, 6.07) is 5.62. The van der Waals surface area contributed by atoms with E-state index >= 15 is 4.79 Å². The number of benzene rings is 1. The molecule has 0 aromatic heterocycles. The van der Waals surface area contributed by atoms with Crippen LogP contribution in [0.2, 0.25) is 0 Å². The van der Waals surface area contributed by atoms with Crippen molar-refractivity contribution in [1.82, 2.24) is 0 Å². The van der Waals surface area contributed by atoms with Crippen molar-refractivity contribution < 1.29 is 39.9 Å². The van der Waals surface area contributed by atoms with Gasteiger partial charge in [0, 0.05) is 47.1 Å². The highest BCUT2D eigenvalue weighted by atomic mass is 33.1. The number of hydrogen-bond acceptors (Lipinski definition) is 10. The summed E-state index contributed by atoms with van der Waals surface area (Å²) in [5.41, 5.74) is -3.11. The number of hydrogen-bond donors (Lipinski definition) is 5. The number of aromatic hydroxyl groups is 1. The highest BCUT2D eigenvalue weighted by Crippen LogP contribution is 2.78. The van der Waals surface area contributed by atoms with Crippen molar-refractivity contribution in [2.45, 2.75) is 153 Å². The lowest BCUT2D eigenvalue weighted by Gasteiger charge is -2.70. The topological polar surface area (TPSA) is 151 Å². The van der Waals surface area contributed by atoms with Gasteiger partial charge in [-0.15, -0.1) is 0 Å². The van der Waals surface area contributed by atoms with E-state index in [1.807, 2.05) is 11.0 Å². The Kier molecular flexibility index (Phi) is 9.82. The van der Waals surface area contributed by atoms with Gasteiger partial charge in [0.2, 0.25) is 5.91 Å². The molecule has 2 saturated heterocycles. The van der Waals surface area contributed by atoms with Crippen molar-refractivity contribution in [2.24, 2.45) is 63.1 Å². The molecular formula is C50H67NO8S2. The SMILES string of the molecule is CC(C)[C@@H](C)[C@@H]1O[C@H]1[C@@]1(O)CC=C[C@@H]2C[C@H]3C4=CC(=O)[C@]5(CSSC[C@H]6CCCC[C@]67CCN(C7=O)c6cc(O)cc(c6)CC[C@]26[C@@H]1CC[C@@]46O)[C@H]1CCC[C@@]35C[C@H](O)[C@@H]1O. The van der Waals surface area contributed by atoms with Crippen LogP contribution in [0.25, 0.3) is 0 Å². The molecule has 1 amide bonds. The third-order valence-corrected chi connectivity index (χ3v) is 22.6. The molecule has 61 heavy (non-hydrogen) atoms. The van der Waals surface area contributed by atoms with Crippen molar-refractivity contribution >= 4 is 39.0 Å². The molecule has 0 unspecified atom stereocenters. The van der Waals surface area contributed by atoms with E-state index in [9.17, 15) is 30.3 Å². The minimum absolute atomic E-state index is 0.00459. The van der Waals surface area contributed by atoms with Gasteiger partial charge in [0.05, 0.1) is 34.7 Å². The zero-order chi connectivity index (χ0) is 42.5. The molecule has 332 valence electrons. The van der Waals surface area contributed by atoms with Gasteiger partial charge in [-0.25, -0.2) is 0 Å². The van der Waals surface area contributed by atoms with Gasteiger partial charge in [-0.05, 0) is 141 Å². The molecule has 16 atom stereocenters. The Labute approximate surface area is 369 Å². The van der Waals surface area contributed by atoms with E-state index in [1.54, 1.807) is 33.7 Å². The lowest BCUT2D eigenvalue weighted by molar-refractivity contribution is -0.227. The van der Waals surface area contributed by atoms with E-state index in [1.165, 1.54) is 0 Å². The summed E-state index contributed by atoms with van der Waals surface area (Å²) in [4.78, 5) is 32.4. The average Bonchev–Trinajstić information content (AvgIpc) is 3.91. The molecule has 1 aromatic rings. The van der Waals surface area contributed by atoms with Crippen LogP contribution in [0.5, 0.6) is 5.75 Å². The van der Waals surface area contributed by atoms with Crippen LogP contribution in [0.4, 0.5) is 5.69 Å². The number of aliphatic hydroxyl groups excluding tert-OH is 2. The largest absolute Gasteiger partial charge is 0.508 e. The quantitative estimate of drug-likeness (QED) is 0.117. The van der Waals surface area contributed by atoms with Crippen LogP contribution < -0.4 is 4.90 Å². The Balaban J connectivity index is 1.09. The van der Waals surface area contributed by atoms with Crippen molar-refractivity contribution in [2.75, 3.05) is 23.0 Å². The second kappa shape index (κ2) is 14.3. The van der Waals surface area contributed by atoms with Gasteiger partial charge in [0.25, 0.3) is 0 Å². The van der Waals surface area contributed by atoms with Crippen molar-refractivity contribution in [3.05, 3.63) is 47.6 Å². The van der Waals surface area contributed by atoms with E-state index in [4.69, 9.17) is 4.74 Å². The van der Waals surface area contributed by atoms with Gasteiger partial charge in [-0.2, -0.15) is 0 Å². The van der Waals surface area contributed by atoms with Gasteiger partial charge in [-0.3, -0.25) is 9.59 Å². The number of rotatable bonds is 3. The average molecular weight is 874 g/mol. The summed E-state index contributed by atoms with van der Waals surface area (Å²) in [7, 11) is 3.51. The maximum absolute atomic E-state index is 15.6. The standard InChI is InChI=1S/C50H67NO8S2/c1-28(2)29(3)42-43(59-42)49(57)15-6-9-31-22-36-37-24-40(54)48(35-10-7-14-46(36,48)25-38(53)41(35)55)27-61-60-26-32-8-4-5-13-45(32)18-19-51(44(45)56)33-20-30(21-34(52)23-33)11-16-47(31)39(49)12-17-50(37,47)58/h6,9,20-21,23-24,28-29,31-32,35-36,38-39,41-43,52-53,55,57-58H,4-5,7-8,10-19,22,25-27H2,1-3H3/t29-,31-,32-,35+,36+,38+,39+,41-,42+,43-,45+,46-,47-,48+,49-,50-/m1/s1. The maximum Gasteiger partial charge on any atom is 0.233 e. The second-order valence-corrected chi connectivity index (χ2v) is 24.7. The Morgan fingerprint density at radius 1 is 0.934 bits per heavy atom. The van der Waals surface area contributed by atoms with Crippen molar-refractivity contribution in [1.29, 1.82) is 0 Å². The number of fused-ring (bicyclic) bond motifs is 1. The molecule has 13 rings (SSSR count). The first-order chi connectivity index (χ1) is 29.2. The number of ether oxygens (including phenoxy) is 1. The lowest BCUT2D eigenvalue weighted by Crippen LogP contribution is -2.73. The number of ketones is 1. The molecule has 5 heterocycles. The Morgan fingerprint density at radius 3 is 2.59 bits per heavy atom. The van der Waals surface area contributed by atoms with Crippen LogP contribution in [-0.4, -0.2) is 90.9 Å². The molecular weight excluding hydrogens is 807 g/mol. The molecule has 3 spiro atoms. The molecule has 10 bridgehead atoms. The van der Waals surface area contributed by atoms with Crippen LogP contribution in [-0.2, 0) is 20.7 Å². The fraction of sp³-hybridized carbons (Fsp3) is 0.760. The molecule has 5 N–H and O–H groups in total. The number of aliphatic hydroxyl groups is 4. The van der Waals surface area contributed by atoms with E-state index < -0.39 is 45.1 Å². The summed E-state index contributed by atoms with van der Waals surface area (Å²) in [5, 5.41) is 62.5. The normalized spacial score (nSPS) is 49.3. The minimum Gasteiger partial charge on any atom is -0.508 e. The van der Waals surface area contributed by atoms with E-state index in [0.717, 1.165) is 67.5 Å². The summed E-state index contributed by atoms with van der Waals surface area (Å²) >= 11 is 0. The van der Waals surface area contributed by atoms with E-state index in [-0.39, 0.29) is 65.2 Å². The number of carbonyl (C=O) groups is 2. The molecule has 7 fully saturated rings. The summed E-state index contributed by atoms with van der Waals surface area (Å²) in [6.45, 7) is 7.21. The first-order valence-electron chi connectivity index (χ1n) is 24.0. The molecule has 5 saturated carbocycles. The summed E-state index contributed by atoms with van der Waals surface area (Å²) < 4.78 is 6.52. The van der Waals surface area contributed by atoms with Gasteiger partial charge < -0.3 is 35.2 Å². The molecule has 11 heteroatoms. The van der Waals surface area contributed by atoms with E-state index in [2.05, 4.69) is 39.0 Å². The van der Waals surface area contributed by atoms with Gasteiger partial charge in [0.15, 0.2) is 5.78 Å². The predicted octanol–water partition coefficient (Wildman–Crippen LogP) is 7.55. The van der Waals surface area contributed by atoms with Crippen LogP contribution in [0.15, 0.2) is 42.0 Å². The Hall–Kier alpha value is -1.86. The number of phenols is 1. The van der Waals surface area contributed by atoms with Crippen LogP contribution in [0.3, 0.4) is 0 Å². The van der Waals surface area contributed by atoms with Gasteiger partial charge in [0.1, 0.15) is 17.5 Å². The Morgan fingerprint density at radius 2 is 1.77 bits per heavy atom. The third kappa shape index (κ3) is 5.46. The molecule has 5 aliphatic heterocycles. The Bertz CT molecular complexity index is 2060. The molecule has 0 radical (unpaired) electrons.